The third-order valence-corrected chi connectivity index (χ3v) is 3.32. The van der Waals surface area contributed by atoms with Crippen LogP contribution in [0.1, 0.15) is 138 Å². The maximum absolute atomic E-state index is 2.12. The predicted molar refractivity (Wildman–Crippen MR) is 201 cm³/mol. The topological polar surface area (TPSA) is 0 Å². The molecule has 0 spiro atoms. The fourth-order valence-electron chi connectivity index (χ4n) is 2.27. The van der Waals surface area contributed by atoms with Crippen LogP contribution in [0.25, 0.3) is 21.5 Å². The summed E-state index contributed by atoms with van der Waals surface area (Å²) in [6.07, 6.45) is 0. The fraction of sp³-hybridized carbons (Fsp3) is 0.500. The highest BCUT2D eigenvalue weighted by Gasteiger charge is 1.86. The van der Waals surface area contributed by atoms with Gasteiger partial charge in [-0.05, 0) is 21.5 Å². The van der Waals surface area contributed by atoms with E-state index < -0.39 is 0 Å². The average Bonchev–Trinajstić information content (AvgIpc) is 3.14. The third-order valence-electron chi connectivity index (χ3n) is 3.32. The van der Waals surface area contributed by atoms with Gasteiger partial charge in [-0.25, -0.2) is 0 Å². The zero-order valence-corrected chi connectivity index (χ0v) is 31.2. The summed E-state index contributed by atoms with van der Waals surface area (Å²) in [7, 11) is 0. The van der Waals surface area contributed by atoms with Crippen LogP contribution in [0.4, 0.5) is 0 Å². The van der Waals surface area contributed by atoms with Crippen molar-refractivity contribution < 1.29 is 0 Å². The van der Waals surface area contributed by atoms with Gasteiger partial charge in [-0.1, -0.05) is 236 Å². The van der Waals surface area contributed by atoms with Gasteiger partial charge in [0.2, 0.25) is 0 Å². The second-order valence-electron chi connectivity index (χ2n) is 4.69. The van der Waals surface area contributed by atoms with Crippen LogP contribution in [0, 0.1) is 0 Å². The van der Waals surface area contributed by atoms with E-state index in [4.69, 9.17) is 0 Å². The number of rotatable bonds is 0. The monoisotopic (exact) mass is 557 g/mol. The van der Waals surface area contributed by atoms with E-state index >= 15 is 0 Å². The number of benzene rings is 4. The molecule has 0 radical (unpaired) electrons. The smallest absolute Gasteiger partial charge is 0.0184 e. The first kappa shape index (κ1) is 57.3. The maximum Gasteiger partial charge on any atom is -0.0184 e. The molecule has 0 saturated heterocycles. The van der Waals surface area contributed by atoms with Gasteiger partial charge in [0, 0.05) is 0 Å². The van der Waals surface area contributed by atoms with Crippen molar-refractivity contribution in [3.05, 3.63) is 97.1 Å². The minimum Gasteiger partial charge on any atom is -0.0683 e. The van der Waals surface area contributed by atoms with Crippen LogP contribution < -0.4 is 0 Å². The summed E-state index contributed by atoms with van der Waals surface area (Å²) < 4.78 is 0. The SMILES string of the molecule is CC.CC.CC.CC.CC.CC.CC.CC.CC.CC.c1ccc2ccccc2c1.c1ccc2ccccc2c1. The van der Waals surface area contributed by atoms with Crippen molar-refractivity contribution in [2.75, 3.05) is 0 Å². The molecule has 4 aromatic carbocycles. The Morgan fingerprint density at radius 1 is 0.175 bits per heavy atom. The lowest BCUT2D eigenvalue weighted by atomic mass is 10.1. The lowest BCUT2D eigenvalue weighted by Crippen LogP contribution is -1.67. The molecular formula is C40H76. The normalized spacial score (nSPS) is 6.50. The fourth-order valence-corrected chi connectivity index (χ4v) is 2.27. The van der Waals surface area contributed by atoms with Crippen molar-refractivity contribution in [3.8, 4) is 0 Å². The molecule has 0 saturated carbocycles. The lowest BCUT2D eigenvalue weighted by Gasteiger charge is -1.92. The zero-order valence-electron chi connectivity index (χ0n) is 31.2. The molecule has 40 heavy (non-hydrogen) atoms. The highest BCUT2D eigenvalue weighted by atomic mass is 13.9. The molecule has 0 fully saturated rings. The summed E-state index contributed by atoms with van der Waals surface area (Å²) in [5, 5.41) is 5.24. The molecule has 0 N–H and O–H groups in total. The first-order valence-corrected chi connectivity index (χ1v) is 16.8. The minimum absolute atomic E-state index is 1.31. The Labute approximate surface area is 256 Å². The Balaban J connectivity index is -0.0000000531. The molecular weight excluding hydrogens is 480 g/mol. The molecule has 0 nitrogen and oxygen atoms in total. The van der Waals surface area contributed by atoms with Gasteiger partial charge in [-0.15, -0.1) is 0 Å². The van der Waals surface area contributed by atoms with Crippen molar-refractivity contribution >= 4 is 21.5 Å². The Morgan fingerprint density at radius 3 is 0.325 bits per heavy atom. The quantitative estimate of drug-likeness (QED) is 0.202. The van der Waals surface area contributed by atoms with Gasteiger partial charge < -0.3 is 0 Å². The van der Waals surface area contributed by atoms with Crippen molar-refractivity contribution in [1.82, 2.24) is 0 Å². The molecule has 0 bridgehead atoms. The van der Waals surface area contributed by atoms with Crippen molar-refractivity contribution in [2.24, 2.45) is 0 Å². The van der Waals surface area contributed by atoms with Crippen molar-refractivity contribution in [3.63, 3.8) is 0 Å². The molecule has 0 aliphatic carbocycles. The highest BCUT2D eigenvalue weighted by molar-refractivity contribution is 5.82. The minimum atomic E-state index is 1.31. The molecule has 0 aliphatic heterocycles. The molecule has 4 aromatic rings. The van der Waals surface area contributed by atoms with Gasteiger partial charge in [0.25, 0.3) is 0 Å². The largest absolute Gasteiger partial charge is 0.0683 e. The zero-order chi connectivity index (χ0) is 33.6. The second kappa shape index (κ2) is 70.7. The highest BCUT2D eigenvalue weighted by Crippen LogP contribution is 2.12. The first-order valence-electron chi connectivity index (χ1n) is 16.8. The van der Waals surface area contributed by atoms with Gasteiger partial charge >= 0.3 is 0 Å². The summed E-state index contributed by atoms with van der Waals surface area (Å²) in [4.78, 5) is 0. The van der Waals surface area contributed by atoms with Gasteiger partial charge in [-0.2, -0.15) is 0 Å². The molecule has 0 amide bonds. The van der Waals surface area contributed by atoms with E-state index in [9.17, 15) is 0 Å². The van der Waals surface area contributed by atoms with E-state index in [1.165, 1.54) is 21.5 Å². The van der Waals surface area contributed by atoms with Gasteiger partial charge in [0.15, 0.2) is 0 Å². The summed E-state index contributed by atoms with van der Waals surface area (Å²) in [5.41, 5.74) is 0. The first-order chi connectivity index (χ1) is 19.9. The molecule has 0 heterocycles. The van der Waals surface area contributed by atoms with E-state index in [-0.39, 0.29) is 0 Å². The maximum atomic E-state index is 2.12. The number of fused-ring (bicyclic) bond motifs is 2. The van der Waals surface area contributed by atoms with E-state index in [1.807, 2.05) is 138 Å². The summed E-state index contributed by atoms with van der Waals surface area (Å²) >= 11 is 0. The van der Waals surface area contributed by atoms with Crippen LogP contribution in [0.5, 0.6) is 0 Å². The summed E-state index contributed by atoms with van der Waals surface area (Å²) in [5.74, 6) is 0. The Hall–Kier alpha value is -2.60. The average molecular weight is 557 g/mol. The van der Waals surface area contributed by atoms with Gasteiger partial charge in [0.05, 0.1) is 0 Å². The van der Waals surface area contributed by atoms with E-state index in [1.54, 1.807) is 0 Å². The second-order valence-corrected chi connectivity index (χ2v) is 4.69. The molecule has 236 valence electrons. The van der Waals surface area contributed by atoms with Crippen LogP contribution in [-0.2, 0) is 0 Å². The van der Waals surface area contributed by atoms with Crippen LogP contribution in [0.3, 0.4) is 0 Å². The molecule has 0 heteroatoms. The van der Waals surface area contributed by atoms with Crippen molar-refractivity contribution in [2.45, 2.75) is 138 Å². The van der Waals surface area contributed by atoms with E-state index in [0.717, 1.165) is 0 Å². The van der Waals surface area contributed by atoms with Crippen molar-refractivity contribution in [1.29, 1.82) is 0 Å². The molecule has 0 aliphatic rings. The van der Waals surface area contributed by atoms with Gasteiger partial charge in [-0.3, -0.25) is 0 Å². The number of hydrogen-bond donors (Lipinski definition) is 0. The van der Waals surface area contributed by atoms with Crippen LogP contribution in [0.15, 0.2) is 97.1 Å². The Morgan fingerprint density at radius 2 is 0.250 bits per heavy atom. The van der Waals surface area contributed by atoms with E-state index in [0.29, 0.717) is 0 Å². The molecule has 0 unspecified atom stereocenters. The number of hydrogen-bond acceptors (Lipinski definition) is 0. The summed E-state index contributed by atoms with van der Waals surface area (Å²) in [6, 6.07) is 33.4. The van der Waals surface area contributed by atoms with Crippen LogP contribution >= 0.6 is 0 Å². The van der Waals surface area contributed by atoms with Crippen LogP contribution in [0.2, 0.25) is 0 Å². The Bertz CT molecular complexity index is 613. The van der Waals surface area contributed by atoms with Crippen LogP contribution in [-0.4, -0.2) is 0 Å². The third kappa shape index (κ3) is 37.6. The molecule has 0 atom stereocenters. The standard InChI is InChI=1S/2C10H8.10C2H6/c2*1-2-6-10-8-4-3-7-9(10)5-1;10*1-2/h2*1-8H;10*1-2H3. The lowest BCUT2D eigenvalue weighted by molar-refractivity contribution is 1.50. The van der Waals surface area contributed by atoms with Gasteiger partial charge in [0.1, 0.15) is 0 Å². The molecule has 4 rings (SSSR count). The predicted octanol–water partition coefficient (Wildman–Crippen LogP) is 15.9. The van der Waals surface area contributed by atoms with E-state index in [2.05, 4.69) is 97.1 Å². The molecule has 0 aromatic heterocycles. The Kier molecular flexibility index (Phi) is 101. The summed E-state index contributed by atoms with van der Waals surface area (Å²) in [6.45, 7) is 40.0.